The van der Waals surface area contributed by atoms with Gasteiger partial charge in [-0.15, -0.1) is 0 Å². The van der Waals surface area contributed by atoms with Gasteiger partial charge in [0.25, 0.3) is 5.89 Å². The van der Waals surface area contributed by atoms with E-state index in [0.717, 1.165) is 5.56 Å². The molecular weight excluding hydrogens is 310 g/mol. The van der Waals surface area contributed by atoms with E-state index in [1.54, 1.807) is 29.5 Å². The molecule has 0 N–H and O–H groups in total. The van der Waals surface area contributed by atoms with Crippen LogP contribution in [0.4, 0.5) is 0 Å². The zero-order valence-corrected chi connectivity index (χ0v) is 12.2. The Hall–Kier alpha value is -2.36. The molecule has 3 aromatic rings. The standard InChI is InChI=1S/C14H8ClN3O2S/c15-11-5-9(6-16)1-2-12(11)19-7-13-17-14(18-20-13)10-3-4-21-8-10/h1-5,8H,7H2. The lowest BCUT2D eigenvalue weighted by molar-refractivity contribution is 0.243. The maximum atomic E-state index is 8.77. The summed E-state index contributed by atoms with van der Waals surface area (Å²) >= 11 is 7.58. The van der Waals surface area contributed by atoms with Gasteiger partial charge in [-0.3, -0.25) is 0 Å². The van der Waals surface area contributed by atoms with Gasteiger partial charge in [-0.1, -0.05) is 16.8 Å². The molecule has 0 bridgehead atoms. The van der Waals surface area contributed by atoms with E-state index >= 15 is 0 Å². The largest absolute Gasteiger partial charge is 0.482 e. The average Bonchev–Trinajstić information content (AvgIpc) is 3.16. The van der Waals surface area contributed by atoms with Gasteiger partial charge in [0, 0.05) is 10.9 Å². The Balaban J connectivity index is 1.70. The van der Waals surface area contributed by atoms with Gasteiger partial charge in [-0.2, -0.15) is 21.6 Å². The highest BCUT2D eigenvalue weighted by Crippen LogP contribution is 2.26. The second-order valence-corrected chi connectivity index (χ2v) is 5.26. The normalized spacial score (nSPS) is 10.3. The fraction of sp³-hybridized carbons (Fsp3) is 0.0714. The minimum Gasteiger partial charge on any atom is -0.482 e. The lowest BCUT2D eigenvalue weighted by Crippen LogP contribution is -1.96. The van der Waals surface area contributed by atoms with Crippen molar-refractivity contribution >= 4 is 22.9 Å². The molecule has 2 aromatic heterocycles. The number of hydrogen-bond donors (Lipinski definition) is 0. The zero-order valence-electron chi connectivity index (χ0n) is 10.6. The van der Waals surface area contributed by atoms with Crippen LogP contribution in [-0.2, 0) is 6.61 Å². The molecule has 1 aromatic carbocycles. The molecule has 0 saturated carbocycles. The Morgan fingerprint density at radius 3 is 3.00 bits per heavy atom. The summed E-state index contributed by atoms with van der Waals surface area (Å²) in [5, 5.41) is 16.9. The molecule has 0 fully saturated rings. The number of thiophene rings is 1. The molecule has 0 aliphatic heterocycles. The summed E-state index contributed by atoms with van der Waals surface area (Å²) in [5.74, 6) is 1.35. The van der Waals surface area contributed by atoms with E-state index in [-0.39, 0.29) is 6.61 Å². The van der Waals surface area contributed by atoms with Crippen LogP contribution in [0.3, 0.4) is 0 Å². The lowest BCUT2D eigenvalue weighted by Gasteiger charge is -2.05. The van der Waals surface area contributed by atoms with Crippen LogP contribution in [0.15, 0.2) is 39.5 Å². The Morgan fingerprint density at radius 2 is 2.29 bits per heavy atom. The van der Waals surface area contributed by atoms with Crippen LogP contribution in [0.1, 0.15) is 11.5 Å². The van der Waals surface area contributed by atoms with E-state index < -0.39 is 0 Å². The third kappa shape index (κ3) is 3.05. The first-order valence-electron chi connectivity index (χ1n) is 5.94. The van der Waals surface area contributed by atoms with E-state index in [2.05, 4.69) is 10.1 Å². The van der Waals surface area contributed by atoms with Gasteiger partial charge in [0.05, 0.1) is 16.7 Å². The van der Waals surface area contributed by atoms with Crippen molar-refractivity contribution in [1.29, 1.82) is 5.26 Å². The fourth-order valence-electron chi connectivity index (χ4n) is 1.65. The maximum absolute atomic E-state index is 8.77. The predicted octanol–water partition coefficient (Wildman–Crippen LogP) is 3.90. The first kappa shape index (κ1) is 13.6. The number of benzene rings is 1. The summed E-state index contributed by atoms with van der Waals surface area (Å²) in [7, 11) is 0. The Bertz CT molecular complexity index is 793. The number of rotatable bonds is 4. The third-order valence-electron chi connectivity index (χ3n) is 2.66. The molecule has 0 unspecified atom stereocenters. The van der Waals surface area contributed by atoms with Crippen molar-refractivity contribution in [1.82, 2.24) is 10.1 Å². The average molecular weight is 318 g/mol. The highest BCUT2D eigenvalue weighted by atomic mass is 35.5. The van der Waals surface area contributed by atoms with E-state index in [1.807, 2.05) is 22.9 Å². The maximum Gasteiger partial charge on any atom is 0.264 e. The number of nitrogens with zero attached hydrogens (tertiary/aromatic N) is 3. The van der Waals surface area contributed by atoms with Crippen molar-refractivity contribution in [2.75, 3.05) is 0 Å². The van der Waals surface area contributed by atoms with Crippen LogP contribution in [-0.4, -0.2) is 10.1 Å². The van der Waals surface area contributed by atoms with Gasteiger partial charge >= 0.3 is 0 Å². The van der Waals surface area contributed by atoms with Gasteiger partial charge in [-0.25, -0.2) is 0 Å². The van der Waals surface area contributed by atoms with Crippen LogP contribution in [0.5, 0.6) is 5.75 Å². The summed E-state index contributed by atoms with van der Waals surface area (Å²) in [5.41, 5.74) is 1.39. The molecule has 5 nitrogen and oxygen atoms in total. The summed E-state index contributed by atoms with van der Waals surface area (Å²) in [6.07, 6.45) is 0. The van der Waals surface area contributed by atoms with Gasteiger partial charge in [0.1, 0.15) is 5.75 Å². The smallest absolute Gasteiger partial charge is 0.264 e. The van der Waals surface area contributed by atoms with Crippen LogP contribution < -0.4 is 4.74 Å². The molecule has 0 amide bonds. The second-order valence-electron chi connectivity index (χ2n) is 4.07. The fourth-order valence-corrected chi connectivity index (χ4v) is 2.52. The molecule has 0 aliphatic rings. The first-order valence-corrected chi connectivity index (χ1v) is 7.26. The van der Waals surface area contributed by atoms with Crippen molar-refractivity contribution in [3.05, 3.63) is 51.5 Å². The second kappa shape index (κ2) is 5.95. The Kier molecular flexibility index (Phi) is 3.86. The third-order valence-corrected chi connectivity index (χ3v) is 3.64. The van der Waals surface area contributed by atoms with Gasteiger partial charge in [0.2, 0.25) is 5.82 Å². The van der Waals surface area contributed by atoms with E-state index in [9.17, 15) is 0 Å². The minimum atomic E-state index is 0.114. The molecule has 0 spiro atoms. The lowest BCUT2D eigenvalue weighted by atomic mass is 10.2. The summed E-state index contributed by atoms with van der Waals surface area (Å²) in [6.45, 7) is 0.114. The number of nitriles is 1. The van der Waals surface area contributed by atoms with Gasteiger partial charge in [-0.05, 0) is 29.6 Å². The van der Waals surface area contributed by atoms with Crippen molar-refractivity contribution in [3.8, 4) is 23.2 Å². The first-order chi connectivity index (χ1) is 10.3. The number of hydrogen-bond acceptors (Lipinski definition) is 6. The number of aromatic nitrogens is 2. The summed E-state index contributed by atoms with van der Waals surface area (Å²) in [4.78, 5) is 4.24. The van der Waals surface area contributed by atoms with Gasteiger partial charge < -0.3 is 9.26 Å². The SMILES string of the molecule is N#Cc1ccc(OCc2nc(-c3ccsc3)no2)c(Cl)c1. The summed E-state index contributed by atoms with van der Waals surface area (Å²) < 4.78 is 10.6. The molecule has 2 heterocycles. The zero-order chi connectivity index (χ0) is 14.7. The van der Waals surface area contributed by atoms with Crippen LogP contribution in [0.2, 0.25) is 5.02 Å². The van der Waals surface area contributed by atoms with Crippen LogP contribution in [0, 0.1) is 11.3 Å². The highest BCUT2D eigenvalue weighted by molar-refractivity contribution is 7.08. The molecule has 0 aliphatic carbocycles. The predicted molar refractivity (Wildman–Crippen MR) is 78.1 cm³/mol. The van der Waals surface area contributed by atoms with Crippen LogP contribution in [0.25, 0.3) is 11.4 Å². The monoisotopic (exact) mass is 317 g/mol. The van der Waals surface area contributed by atoms with E-state index in [1.165, 1.54) is 0 Å². The molecule has 0 saturated heterocycles. The van der Waals surface area contributed by atoms with Crippen molar-refractivity contribution in [2.24, 2.45) is 0 Å². The van der Waals surface area contributed by atoms with E-state index in [4.69, 9.17) is 26.1 Å². The molecule has 0 atom stereocenters. The summed E-state index contributed by atoms with van der Waals surface area (Å²) in [6, 6.07) is 8.73. The Morgan fingerprint density at radius 1 is 1.38 bits per heavy atom. The van der Waals surface area contributed by atoms with Crippen molar-refractivity contribution < 1.29 is 9.26 Å². The molecule has 3 rings (SSSR count). The van der Waals surface area contributed by atoms with Crippen molar-refractivity contribution in [3.63, 3.8) is 0 Å². The van der Waals surface area contributed by atoms with E-state index in [0.29, 0.717) is 28.1 Å². The number of ether oxygens (including phenoxy) is 1. The quantitative estimate of drug-likeness (QED) is 0.729. The molecule has 0 radical (unpaired) electrons. The van der Waals surface area contributed by atoms with Gasteiger partial charge in [0.15, 0.2) is 6.61 Å². The minimum absolute atomic E-state index is 0.114. The van der Waals surface area contributed by atoms with Crippen LogP contribution >= 0.6 is 22.9 Å². The van der Waals surface area contributed by atoms with Crippen molar-refractivity contribution in [2.45, 2.75) is 6.61 Å². The molecule has 21 heavy (non-hydrogen) atoms. The molecule has 104 valence electrons. The molecule has 7 heteroatoms. The number of halogens is 1. The Labute approximate surface area is 129 Å². The molecular formula is C14H8ClN3O2S. The highest BCUT2D eigenvalue weighted by Gasteiger charge is 2.10. The topological polar surface area (TPSA) is 71.9 Å².